The van der Waals surface area contributed by atoms with E-state index in [1.807, 2.05) is 6.92 Å². The molecule has 0 saturated carbocycles. The number of rotatable bonds is 1. The molecule has 3 heteroatoms. The number of nitrogens with zero attached hydrogens (tertiary/aromatic N) is 2. The van der Waals surface area contributed by atoms with Gasteiger partial charge in [-0.3, -0.25) is 5.10 Å². The fourth-order valence-corrected chi connectivity index (χ4v) is 0.503. The van der Waals surface area contributed by atoms with E-state index in [0.717, 1.165) is 5.82 Å². The van der Waals surface area contributed by atoms with Crippen molar-refractivity contribution in [3.05, 3.63) is 12.2 Å². The van der Waals surface area contributed by atoms with Crippen LogP contribution in [-0.4, -0.2) is 15.2 Å². The van der Waals surface area contributed by atoms with Gasteiger partial charge >= 0.3 is 0 Å². The lowest BCUT2D eigenvalue weighted by atomic mass is 10.2. The van der Waals surface area contributed by atoms with Gasteiger partial charge in [-0.1, -0.05) is 5.92 Å². The normalized spacial score (nSPS) is 12.4. The summed E-state index contributed by atoms with van der Waals surface area (Å²) >= 11 is 0. The minimum atomic E-state index is 0.0347. The smallest absolute Gasteiger partial charge is 0.139 e. The number of hydrogen-bond acceptors (Lipinski definition) is 2. The van der Waals surface area contributed by atoms with Crippen molar-refractivity contribution in [3.63, 3.8) is 0 Å². The summed E-state index contributed by atoms with van der Waals surface area (Å²) in [5.41, 5.74) is 0. The molecule has 0 spiro atoms. The molecule has 1 rings (SSSR count). The van der Waals surface area contributed by atoms with Gasteiger partial charge in [-0.25, -0.2) is 4.98 Å². The molecule has 3 nitrogen and oxygen atoms in total. The van der Waals surface area contributed by atoms with E-state index in [0.29, 0.717) is 0 Å². The first-order chi connectivity index (χ1) is 4.34. The van der Waals surface area contributed by atoms with E-state index in [1.165, 1.54) is 6.33 Å². The zero-order valence-corrected chi connectivity index (χ0v) is 5.13. The highest BCUT2D eigenvalue weighted by Gasteiger charge is 2.01. The molecule has 9 heavy (non-hydrogen) atoms. The molecule has 1 unspecified atom stereocenters. The van der Waals surface area contributed by atoms with Crippen LogP contribution in [0.25, 0.3) is 0 Å². The molecule has 1 atom stereocenters. The van der Waals surface area contributed by atoms with Gasteiger partial charge in [0, 0.05) is 0 Å². The fourth-order valence-electron chi connectivity index (χ4n) is 0.503. The average molecular weight is 121 g/mol. The molecule has 46 valence electrons. The maximum absolute atomic E-state index is 5.13. The Morgan fingerprint density at radius 1 is 1.89 bits per heavy atom. The topological polar surface area (TPSA) is 41.6 Å². The van der Waals surface area contributed by atoms with Crippen LogP contribution in [0.1, 0.15) is 18.7 Å². The largest absolute Gasteiger partial charge is 0.262 e. The summed E-state index contributed by atoms with van der Waals surface area (Å²) < 4.78 is 0. The van der Waals surface area contributed by atoms with Crippen molar-refractivity contribution < 1.29 is 0 Å². The zero-order chi connectivity index (χ0) is 6.69. The van der Waals surface area contributed by atoms with Crippen LogP contribution in [0.15, 0.2) is 6.33 Å². The Labute approximate surface area is 53.5 Å². The van der Waals surface area contributed by atoms with Gasteiger partial charge in [0.1, 0.15) is 12.2 Å². The van der Waals surface area contributed by atoms with Crippen LogP contribution in [-0.2, 0) is 0 Å². The molecule has 0 saturated heterocycles. The third-order valence-corrected chi connectivity index (χ3v) is 1.09. The number of H-pyrrole nitrogens is 1. The summed E-state index contributed by atoms with van der Waals surface area (Å²) in [4.78, 5) is 3.88. The van der Waals surface area contributed by atoms with Crippen molar-refractivity contribution in [1.82, 2.24) is 15.2 Å². The molecule has 0 aliphatic carbocycles. The van der Waals surface area contributed by atoms with E-state index in [-0.39, 0.29) is 5.92 Å². The van der Waals surface area contributed by atoms with Crippen molar-refractivity contribution in [2.24, 2.45) is 0 Å². The highest BCUT2D eigenvalue weighted by Crippen LogP contribution is 2.04. The first kappa shape index (κ1) is 5.83. The van der Waals surface area contributed by atoms with Crippen molar-refractivity contribution in [2.75, 3.05) is 0 Å². The van der Waals surface area contributed by atoms with Crippen LogP contribution < -0.4 is 0 Å². The van der Waals surface area contributed by atoms with Crippen molar-refractivity contribution in [3.8, 4) is 12.3 Å². The van der Waals surface area contributed by atoms with Crippen LogP contribution in [0, 0.1) is 12.3 Å². The van der Waals surface area contributed by atoms with Gasteiger partial charge in [-0.15, -0.1) is 6.42 Å². The number of terminal acetylenes is 1. The second-order valence-corrected chi connectivity index (χ2v) is 1.76. The molecular weight excluding hydrogens is 114 g/mol. The predicted octanol–water partition coefficient (Wildman–Crippen LogP) is 0.541. The van der Waals surface area contributed by atoms with E-state index in [2.05, 4.69) is 21.1 Å². The Balaban J connectivity index is 2.80. The van der Waals surface area contributed by atoms with E-state index >= 15 is 0 Å². The Morgan fingerprint density at radius 3 is 3.11 bits per heavy atom. The predicted molar refractivity (Wildman–Crippen MR) is 33.6 cm³/mol. The van der Waals surface area contributed by atoms with Gasteiger partial charge in [0.2, 0.25) is 0 Å². The molecule has 0 bridgehead atoms. The number of aromatic nitrogens is 3. The highest BCUT2D eigenvalue weighted by molar-refractivity contribution is 5.08. The summed E-state index contributed by atoms with van der Waals surface area (Å²) in [6, 6.07) is 0. The lowest BCUT2D eigenvalue weighted by Gasteiger charge is -1.93. The first-order valence-corrected chi connectivity index (χ1v) is 2.66. The van der Waals surface area contributed by atoms with E-state index in [4.69, 9.17) is 6.42 Å². The monoisotopic (exact) mass is 121 g/mol. The maximum Gasteiger partial charge on any atom is 0.139 e. The third kappa shape index (κ3) is 1.08. The molecule has 1 N–H and O–H groups in total. The van der Waals surface area contributed by atoms with Crippen LogP contribution in [0.5, 0.6) is 0 Å². The number of aromatic amines is 1. The van der Waals surface area contributed by atoms with Gasteiger partial charge in [-0.05, 0) is 6.92 Å². The standard InChI is InChI=1S/C6H7N3/c1-3-5(2)6-7-4-8-9-6/h1,4-5H,2H3,(H,7,8,9). The van der Waals surface area contributed by atoms with Gasteiger partial charge in [-0.2, -0.15) is 5.10 Å². The van der Waals surface area contributed by atoms with Crippen LogP contribution in [0.2, 0.25) is 0 Å². The SMILES string of the molecule is C#CC(C)c1ncn[nH]1. The Kier molecular flexibility index (Phi) is 1.50. The molecule has 1 heterocycles. The van der Waals surface area contributed by atoms with Crippen LogP contribution in [0.3, 0.4) is 0 Å². The zero-order valence-electron chi connectivity index (χ0n) is 5.13. The van der Waals surface area contributed by atoms with Crippen LogP contribution in [0.4, 0.5) is 0 Å². The summed E-state index contributed by atoms with van der Waals surface area (Å²) in [6.07, 6.45) is 6.57. The Morgan fingerprint density at radius 2 is 2.67 bits per heavy atom. The van der Waals surface area contributed by atoms with E-state index in [1.54, 1.807) is 0 Å². The first-order valence-electron chi connectivity index (χ1n) is 2.66. The summed E-state index contributed by atoms with van der Waals surface area (Å²) in [5, 5.41) is 6.34. The lowest BCUT2D eigenvalue weighted by Crippen LogP contribution is -1.91. The van der Waals surface area contributed by atoms with Gasteiger partial charge < -0.3 is 0 Å². The third-order valence-electron chi connectivity index (χ3n) is 1.09. The quantitative estimate of drug-likeness (QED) is 0.551. The van der Waals surface area contributed by atoms with Gasteiger partial charge in [0.05, 0.1) is 5.92 Å². The lowest BCUT2D eigenvalue weighted by molar-refractivity contribution is 0.873. The molecule has 0 amide bonds. The molecule has 0 aliphatic heterocycles. The van der Waals surface area contributed by atoms with E-state index < -0.39 is 0 Å². The molecule has 0 radical (unpaired) electrons. The van der Waals surface area contributed by atoms with Crippen LogP contribution >= 0.6 is 0 Å². The highest BCUT2D eigenvalue weighted by atomic mass is 15.2. The molecule has 0 aromatic carbocycles. The minimum absolute atomic E-state index is 0.0347. The van der Waals surface area contributed by atoms with Crippen molar-refractivity contribution in [1.29, 1.82) is 0 Å². The molecule has 0 aliphatic rings. The molecule has 1 aromatic heterocycles. The Hall–Kier alpha value is -1.30. The summed E-state index contributed by atoms with van der Waals surface area (Å²) in [7, 11) is 0. The molecule has 0 fully saturated rings. The summed E-state index contributed by atoms with van der Waals surface area (Å²) in [6.45, 7) is 1.89. The number of nitrogens with one attached hydrogen (secondary N) is 1. The second-order valence-electron chi connectivity index (χ2n) is 1.76. The fraction of sp³-hybridized carbons (Fsp3) is 0.333. The average Bonchev–Trinajstić information content (AvgIpc) is 2.37. The van der Waals surface area contributed by atoms with Gasteiger partial charge in [0.25, 0.3) is 0 Å². The summed E-state index contributed by atoms with van der Waals surface area (Å²) in [5.74, 6) is 3.32. The van der Waals surface area contributed by atoms with E-state index in [9.17, 15) is 0 Å². The van der Waals surface area contributed by atoms with Crippen molar-refractivity contribution >= 4 is 0 Å². The second kappa shape index (κ2) is 2.31. The molecule has 1 aromatic rings. The van der Waals surface area contributed by atoms with Crippen molar-refractivity contribution in [2.45, 2.75) is 12.8 Å². The minimum Gasteiger partial charge on any atom is -0.262 e. The Bertz CT molecular complexity index is 207. The maximum atomic E-state index is 5.13. The number of hydrogen-bond donors (Lipinski definition) is 1. The molecular formula is C6H7N3. The van der Waals surface area contributed by atoms with Gasteiger partial charge in [0.15, 0.2) is 0 Å².